The number of hydrogen-bond acceptors (Lipinski definition) is 4. The van der Waals surface area contributed by atoms with E-state index in [0.717, 1.165) is 11.1 Å². The molecule has 3 rings (SSSR count). The summed E-state index contributed by atoms with van der Waals surface area (Å²) >= 11 is 0. The smallest absolute Gasteiger partial charge is 0.203 e. The largest absolute Gasteiger partial charge is 0.386 e. The summed E-state index contributed by atoms with van der Waals surface area (Å²) in [5.74, 6) is 0. The first-order valence-corrected chi connectivity index (χ1v) is 6.64. The number of aliphatic hydroxyl groups is 2. The first kappa shape index (κ1) is 13.3. The highest BCUT2D eigenvalue weighted by molar-refractivity contribution is 5.22. The molecule has 0 unspecified atom stereocenters. The predicted molar refractivity (Wildman–Crippen MR) is 74.3 cm³/mol. The van der Waals surface area contributed by atoms with Crippen LogP contribution in [0.4, 0.5) is 0 Å². The summed E-state index contributed by atoms with van der Waals surface area (Å²) in [4.78, 5) is 5.38. The molecule has 1 fully saturated rings. The highest BCUT2D eigenvalue weighted by Gasteiger charge is 2.42. The lowest BCUT2D eigenvalue weighted by molar-refractivity contribution is -0.233. The van der Waals surface area contributed by atoms with E-state index in [1.165, 1.54) is 0 Å². The minimum atomic E-state index is -1.19. The lowest BCUT2D eigenvalue weighted by Crippen LogP contribution is -2.27. The maximum Gasteiger partial charge on any atom is 0.203 e. The maximum atomic E-state index is 10.1. The number of hydroxylamine groups is 2. The van der Waals surface area contributed by atoms with Gasteiger partial charge in [0.05, 0.1) is 12.6 Å². The van der Waals surface area contributed by atoms with Crippen molar-refractivity contribution in [2.45, 2.75) is 25.0 Å². The Morgan fingerprint density at radius 1 is 0.900 bits per heavy atom. The van der Waals surface area contributed by atoms with Crippen molar-refractivity contribution >= 4 is 0 Å². The number of aliphatic hydroxyl groups excluding tert-OH is 2. The van der Waals surface area contributed by atoms with Crippen LogP contribution in [0, 0.1) is 0 Å². The molecule has 104 valence electrons. The summed E-state index contributed by atoms with van der Waals surface area (Å²) in [5, 5.41) is 21.5. The molecule has 20 heavy (non-hydrogen) atoms. The van der Waals surface area contributed by atoms with Crippen LogP contribution in [0.3, 0.4) is 0 Å². The Bertz CT molecular complexity index is 546. The first-order valence-electron chi connectivity index (χ1n) is 6.64. The molecule has 2 aromatic rings. The van der Waals surface area contributed by atoms with Gasteiger partial charge in [0.15, 0.2) is 0 Å². The zero-order valence-electron chi connectivity index (χ0n) is 11.0. The van der Waals surface area contributed by atoms with Gasteiger partial charge in [-0.3, -0.25) is 4.84 Å². The second-order valence-corrected chi connectivity index (χ2v) is 4.90. The molecule has 0 bridgehead atoms. The second-order valence-electron chi connectivity index (χ2n) is 4.90. The minimum Gasteiger partial charge on any atom is -0.386 e. The zero-order chi connectivity index (χ0) is 13.9. The lowest BCUT2D eigenvalue weighted by Gasteiger charge is -2.23. The summed E-state index contributed by atoms with van der Waals surface area (Å²) < 4.78 is 0. The Morgan fingerprint density at radius 3 is 2.15 bits per heavy atom. The van der Waals surface area contributed by atoms with Gasteiger partial charge in [0.1, 0.15) is 6.10 Å². The molecular weight excluding hydrogens is 254 g/mol. The number of hydrogen-bond donors (Lipinski definition) is 2. The van der Waals surface area contributed by atoms with Crippen molar-refractivity contribution in [1.29, 1.82) is 0 Å². The molecule has 1 aliphatic rings. The molecule has 1 saturated heterocycles. The van der Waals surface area contributed by atoms with Crippen LogP contribution in [-0.4, -0.2) is 27.7 Å². The van der Waals surface area contributed by atoms with Crippen LogP contribution in [0.5, 0.6) is 0 Å². The second kappa shape index (κ2) is 5.73. The Hall–Kier alpha value is -1.72. The Labute approximate surface area is 117 Å². The average molecular weight is 271 g/mol. The van der Waals surface area contributed by atoms with Gasteiger partial charge in [-0.25, -0.2) is 0 Å². The molecule has 1 heterocycles. The van der Waals surface area contributed by atoms with Crippen LogP contribution < -0.4 is 0 Å². The molecule has 1 aliphatic heterocycles. The van der Waals surface area contributed by atoms with Gasteiger partial charge in [0.25, 0.3) is 0 Å². The monoisotopic (exact) mass is 271 g/mol. The first-order chi connectivity index (χ1) is 9.75. The molecule has 0 aromatic heterocycles. The molecule has 0 saturated carbocycles. The van der Waals surface area contributed by atoms with Crippen LogP contribution in [0.15, 0.2) is 60.7 Å². The van der Waals surface area contributed by atoms with Crippen LogP contribution in [0.1, 0.15) is 17.2 Å². The van der Waals surface area contributed by atoms with Crippen molar-refractivity contribution in [3.05, 3.63) is 71.8 Å². The molecule has 4 nitrogen and oxygen atoms in total. The van der Waals surface area contributed by atoms with E-state index in [0.29, 0.717) is 6.54 Å². The van der Waals surface area contributed by atoms with Gasteiger partial charge >= 0.3 is 0 Å². The third-order valence-electron chi connectivity index (χ3n) is 3.49. The van der Waals surface area contributed by atoms with Crippen molar-refractivity contribution < 1.29 is 15.1 Å². The van der Waals surface area contributed by atoms with E-state index < -0.39 is 12.4 Å². The topological polar surface area (TPSA) is 52.9 Å². The molecule has 2 aromatic carbocycles. The van der Waals surface area contributed by atoms with Crippen molar-refractivity contribution in [1.82, 2.24) is 5.06 Å². The van der Waals surface area contributed by atoms with Crippen LogP contribution in [0.2, 0.25) is 0 Å². The van der Waals surface area contributed by atoms with E-state index >= 15 is 0 Å². The maximum absolute atomic E-state index is 10.1. The van der Waals surface area contributed by atoms with E-state index in [1.54, 1.807) is 5.06 Å². The molecule has 0 aliphatic carbocycles. The Balaban J connectivity index is 1.85. The Morgan fingerprint density at radius 2 is 1.50 bits per heavy atom. The third-order valence-corrected chi connectivity index (χ3v) is 3.49. The minimum absolute atomic E-state index is 0.369. The SMILES string of the molecule is O[C@H]1[C@H](O)ON(Cc2ccccc2)[C@@H]1c1ccccc1. The highest BCUT2D eigenvalue weighted by atomic mass is 16.8. The summed E-state index contributed by atoms with van der Waals surface area (Å²) in [6.45, 7) is 0.508. The number of rotatable bonds is 3. The van der Waals surface area contributed by atoms with Gasteiger partial charge in [-0.15, -0.1) is 0 Å². The van der Waals surface area contributed by atoms with Gasteiger partial charge in [0.2, 0.25) is 6.29 Å². The molecule has 0 amide bonds. The summed E-state index contributed by atoms with van der Waals surface area (Å²) in [5.41, 5.74) is 1.99. The van der Waals surface area contributed by atoms with Gasteiger partial charge in [-0.05, 0) is 11.1 Å². The lowest BCUT2D eigenvalue weighted by atomic mass is 10.0. The van der Waals surface area contributed by atoms with Gasteiger partial charge in [-0.1, -0.05) is 60.7 Å². The molecule has 2 N–H and O–H groups in total. The molecule has 4 heteroatoms. The van der Waals surface area contributed by atoms with E-state index in [4.69, 9.17) is 4.84 Å². The van der Waals surface area contributed by atoms with Crippen LogP contribution >= 0.6 is 0 Å². The van der Waals surface area contributed by atoms with E-state index in [-0.39, 0.29) is 6.04 Å². The van der Waals surface area contributed by atoms with Gasteiger partial charge in [-0.2, -0.15) is 5.06 Å². The van der Waals surface area contributed by atoms with Crippen molar-refractivity contribution in [2.24, 2.45) is 0 Å². The number of benzene rings is 2. The fourth-order valence-electron chi connectivity index (χ4n) is 2.51. The van der Waals surface area contributed by atoms with Gasteiger partial charge in [0, 0.05) is 0 Å². The summed E-state index contributed by atoms with van der Waals surface area (Å²) in [6, 6.07) is 19.1. The molecular formula is C16H17NO3. The van der Waals surface area contributed by atoms with E-state index in [9.17, 15) is 10.2 Å². The van der Waals surface area contributed by atoms with Crippen molar-refractivity contribution in [3.8, 4) is 0 Å². The van der Waals surface area contributed by atoms with Gasteiger partial charge < -0.3 is 10.2 Å². The van der Waals surface area contributed by atoms with Crippen LogP contribution in [-0.2, 0) is 11.4 Å². The molecule has 3 atom stereocenters. The Kier molecular flexibility index (Phi) is 3.80. The third kappa shape index (κ3) is 2.59. The standard InChI is InChI=1S/C16H17NO3/c18-15-14(13-9-5-2-6-10-13)17(20-16(15)19)11-12-7-3-1-4-8-12/h1-10,14-16,18-19H,11H2/t14-,15-,16-/m1/s1. The van der Waals surface area contributed by atoms with E-state index in [1.807, 2.05) is 60.7 Å². The fourth-order valence-corrected chi connectivity index (χ4v) is 2.51. The fraction of sp³-hybridized carbons (Fsp3) is 0.250. The average Bonchev–Trinajstić information content (AvgIpc) is 2.76. The predicted octanol–water partition coefficient (Wildman–Crippen LogP) is 1.85. The molecule has 0 spiro atoms. The number of nitrogens with zero attached hydrogens (tertiary/aromatic N) is 1. The van der Waals surface area contributed by atoms with Crippen LogP contribution in [0.25, 0.3) is 0 Å². The zero-order valence-corrected chi connectivity index (χ0v) is 11.0. The highest BCUT2D eigenvalue weighted by Crippen LogP contribution is 2.34. The van der Waals surface area contributed by atoms with Crippen molar-refractivity contribution in [3.63, 3.8) is 0 Å². The quantitative estimate of drug-likeness (QED) is 0.894. The normalized spacial score (nSPS) is 26.8. The van der Waals surface area contributed by atoms with Crippen molar-refractivity contribution in [2.75, 3.05) is 0 Å². The molecule has 0 radical (unpaired) electrons. The van der Waals surface area contributed by atoms with E-state index in [2.05, 4.69) is 0 Å². The summed E-state index contributed by atoms with van der Waals surface area (Å²) in [7, 11) is 0. The summed E-state index contributed by atoms with van der Waals surface area (Å²) in [6.07, 6.45) is -2.15.